The maximum atomic E-state index is 13.5. The molecule has 1 aromatic carbocycles. The van der Waals surface area contributed by atoms with Gasteiger partial charge in [-0.05, 0) is 26.0 Å². The van der Waals surface area contributed by atoms with Crippen LogP contribution in [0.2, 0.25) is 0 Å². The molecule has 1 N–H and O–H groups in total. The summed E-state index contributed by atoms with van der Waals surface area (Å²) in [6.45, 7) is 4.14. The summed E-state index contributed by atoms with van der Waals surface area (Å²) in [7, 11) is 1.68. The molecule has 3 nitrogen and oxygen atoms in total. The summed E-state index contributed by atoms with van der Waals surface area (Å²) in [6.07, 6.45) is 0. The fraction of sp³-hybridized carbons (Fsp3) is 0.462. The van der Waals surface area contributed by atoms with Gasteiger partial charge in [-0.15, -0.1) is 0 Å². The second-order valence-corrected chi connectivity index (χ2v) is 4.15. The average molecular weight is 256 g/mol. The molecule has 5 heteroatoms. The number of nitrogens with zero attached hydrogens (tertiary/aromatic N) is 1. The van der Waals surface area contributed by atoms with Gasteiger partial charge in [0.25, 0.3) is 0 Å². The Balaban J connectivity index is 2.66. The molecule has 100 valence electrons. The quantitative estimate of drug-likeness (QED) is 0.875. The molecule has 1 amide bonds. The van der Waals surface area contributed by atoms with E-state index in [0.29, 0.717) is 6.54 Å². The standard InChI is InChI=1S/C13H18F2N2O/c1-4-17(3)12(18)8-16-9(2)13-10(14)6-5-7-11(13)15/h5-7,9,16H,4,8H2,1-3H3. The molecule has 0 heterocycles. The van der Waals surface area contributed by atoms with Crippen molar-refractivity contribution in [3.8, 4) is 0 Å². The number of hydrogen-bond donors (Lipinski definition) is 1. The molecule has 1 aromatic rings. The summed E-state index contributed by atoms with van der Waals surface area (Å²) >= 11 is 0. The molecule has 18 heavy (non-hydrogen) atoms. The lowest BCUT2D eigenvalue weighted by molar-refractivity contribution is -0.128. The molecular formula is C13H18F2N2O. The minimum atomic E-state index is -0.605. The van der Waals surface area contributed by atoms with Crippen LogP contribution in [-0.2, 0) is 4.79 Å². The fourth-order valence-corrected chi connectivity index (χ4v) is 1.58. The van der Waals surface area contributed by atoms with Gasteiger partial charge in [0.2, 0.25) is 5.91 Å². The Labute approximate surface area is 106 Å². The van der Waals surface area contributed by atoms with Crippen LogP contribution in [0.15, 0.2) is 18.2 Å². The molecule has 0 aliphatic rings. The second kappa shape index (κ2) is 6.44. The van der Waals surface area contributed by atoms with Crippen molar-refractivity contribution < 1.29 is 13.6 Å². The van der Waals surface area contributed by atoms with Gasteiger partial charge in [-0.1, -0.05) is 6.07 Å². The maximum Gasteiger partial charge on any atom is 0.236 e. The van der Waals surface area contributed by atoms with E-state index < -0.39 is 17.7 Å². The molecule has 0 aliphatic heterocycles. The molecule has 0 radical (unpaired) electrons. The zero-order chi connectivity index (χ0) is 13.7. The topological polar surface area (TPSA) is 32.3 Å². The van der Waals surface area contributed by atoms with Crippen molar-refractivity contribution in [3.05, 3.63) is 35.4 Å². The van der Waals surface area contributed by atoms with Gasteiger partial charge in [-0.3, -0.25) is 4.79 Å². The Morgan fingerprint density at radius 3 is 2.44 bits per heavy atom. The Kier molecular flexibility index (Phi) is 5.22. The number of benzene rings is 1. The van der Waals surface area contributed by atoms with E-state index in [1.54, 1.807) is 14.0 Å². The van der Waals surface area contributed by atoms with Crippen LogP contribution in [0, 0.1) is 11.6 Å². The number of hydrogen-bond acceptors (Lipinski definition) is 2. The highest BCUT2D eigenvalue weighted by Crippen LogP contribution is 2.19. The summed E-state index contributed by atoms with van der Waals surface area (Å²) < 4.78 is 26.9. The minimum Gasteiger partial charge on any atom is -0.345 e. The Hall–Kier alpha value is -1.49. The van der Waals surface area contributed by atoms with Crippen LogP contribution in [0.5, 0.6) is 0 Å². The van der Waals surface area contributed by atoms with Crippen LogP contribution in [0.4, 0.5) is 8.78 Å². The van der Waals surface area contributed by atoms with Gasteiger partial charge >= 0.3 is 0 Å². The van der Waals surface area contributed by atoms with Crippen LogP contribution in [0.1, 0.15) is 25.5 Å². The lowest BCUT2D eigenvalue weighted by Gasteiger charge is -2.19. The van der Waals surface area contributed by atoms with E-state index in [1.165, 1.54) is 23.1 Å². The molecule has 0 aliphatic carbocycles. The van der Waals surface area contributed by atoms with E-state index in [-0.39, 0.29) is 18.0 Å². The van der Waals surface area contributed by atoms with Gasteiger partial charge in [0.05, 0.1) is 6.54 Å². The van der Waals surface area contributed by atoms with Crippen LogP contribution >= 0.6 is 0 Å². The number of likely N-dealkylation sites (N-methyl/N-ethyl adjacent to an activating group) is 1. The predicted octanol–water partition coefficient (Wildman–Crippen LogP) is 2.09. The van der Waals surface area contributed by atoms with Crippen molar-refractivity contribution in [3.63, 3.8) is 0 Å². The molecule has 0 fully saturated rings. The van der Waals surface area contributed by atoms with Crippen LogP contribution in [-0.4, -0.2) is 30.9 Å². The summed E-state index contributed by atoms with van der Waals surface area (Å²) in [5.74, 6) is -1.32. The summed E-state index contributed by atoms with van der Waals surface area (Å²) in [6, 6.07) is 3.17. The van der Waals surface area contributed by atoms with Crippen LogP contribution in [0.25, 0.3) is 0 Å². The molecular weight excluding hydrogens is 238 g/mol. The number of carbonyl (C=O) groups is 1. The maximum absolute atomic E-state index is 13.5. The third-order valence-corrected chi connectivity index (χ3v) is 2.89. The van der Waals surface area contributed by atoms with Crippen molar-refractivity contribution >= 4 is 5.91 Å². The largest absolute Gasteiger partial charge is 0.345 e. The Bertz CT molecular complexity index is 403. The first-order valence-corrected chi connectivity index (χ1v) is 5.88. The third-order valence-electron chi connectivity index (χ3n) is 2.89. The molecule has 0 aromatic heterocycles. The number of rotatable bonds is 5. The zero-order valence-electron chi connectivity index (χ0n) is 10.8. The monoisotopic (exact) mass is 256 g/mol. The first kappa shape index (κ1) is 14.6. The summed E-state index contributed by atoms with van der Waals surface area (Å²) in [4.78, 5) is 13.1. The molecule has 1 atom stereocenters. The molecule has 0 bridgehead atoms. The lowest BCUT2D eigenvalue weighted by Crippen LogP contribution is -2.36. The van der Waals surface area contributed by atoms with Gasteiger partial charge in [0.1, 0.15) is 11.6 Å². The minimum absolute atomic E-state index is 0.0375. The average Bonchev–Trinajstić information content (AvgIpc) is 2.34. The van der Waals surface area contributed by atoms with E-state index in [4.69, 9.17) is 0 Å². The highest BCUT2D eigenvalue weighted by Gasteiger charge is 2.17. The van der Waals surface area contributed by atoms with E-state index in [9.17, 15) is 13.6 Å². The van der Waals surface area contributed by atoms with Crippen molar-refractivity contribution in [1.29, 1.82) is 0 Å². The number of halogens is 2. The Morgan fingerprint density at radius 1 is 1.39 bits per heavy atom. The normalized spacial score (nSPS) is 12.3. The van der Waals surface area contributed by atoms with E-state index in [0.717, 1.165) is 0 Å². The summed E-state index contributed by atoms with van der Waals surface area (Å²) in [5, 5.41) is 2.82. The van der Waals surface area contributed by atoms with Crippen molar-refractivity contribution in [2.45, 2.75) is 19.9 Å². The van der Waals surface area contributed by atoms with Crippen LogP contribution in [0.3, 0.4) is 0 Å². The molecule has 0 saturated carbocycles. The van der Waals surface area contributed by atoms with Gasteiger partial charge in [0, 0.05) is 25.2 Å². The van der Waals surface area contributed by atoms with E-state index >= 15 is 0 Å². The van der Waals surface area contributed by atoms with E-state index in [1.807, 2.05) is 6.92 Å². The molecule has 0 saturated heterocycles. The number of carbonyl (C=O) groups excluding carboxylic acids is 1. The van der Waals surface area contributed by atoms with Crippen LogP contribution < -0.4 is 5.32 Å². The molecule has 1 rings (SSSR count). The zero-order valence-corrected chi connectivity index (χ0v) is 10.8. The van der Waals surface area contributed by atoms with Crippen molar-refractivity contribution in [2.24, 2.45) is 0 Å². The highest BCUT2D eigenvalue weighted by atomic mass is 19.1. The third kappa shape index (κ3) is 3.50. The fourth-order valence-electron chi connectivity index (χ4n) is 1.58. The van der Waals surface area contributed by atoms with Crippen molar-refractivity contribution in [2.75, 3.05) is 20.1 Å². The smallest absolute Gasteiger partial charge is 0.236 e. The SMILES string of the molecule is CCN(C)C(=O)CNC(C)c1c(F)cccc1F. The van der Waals surface area contributed by atoms with Gasteiger partial charge in [0.15, 0.2) is 0 Å². The Morgan fingerprint density at radius 2 is 1.94 bits per heavy atom. The first-order valence-electron chi connectivity index (χ1n) is 5.88. The first-order chi connectivity index (χ1) is 8.47. The van der Waals surface area contributed by atoms with E-state index in [2.05, 4.69) is 5.32 Å². The van der Waals surface area contributed by atoms with Gasteiger partial charge in [-0.2, -0.15) is 0 Å². The lowest BCUT2D eigenvalue weighted by atomic mass is 10.1. The highest BCUT2D eigenvalue weighted by molar-refractivity contribution is 5.77. The second-order valence-electron chi connectivity index (χ2n) is 4.15. The number of nitrogens with one attached hydrogen (secondary N) is 1. The van der Waals surface area contributed by atoms with Gasteiger partial charge in [-0.25, -0.2) is 8.78 Å². The molecule has 1 unspecified atom stereocenters. The van der Waals surface area contributed by atoms with Gasteiger partial charge < -0.3 is 10.2 Å². The van der Waals surface area contributed by atoms with Crippen molar-refractivity contribution in [1.82, 2.24) is 10.2 Å². The predicted molar refractivity (Wildman–Crippen MR) is 66.1 cm³/mol. The molecule has 0 spiro atoms. The number of amides is 1. The summed E-state index contributed by atoms with van der Waals surface area (Å²) in [5.41, 5.74) is -0.0375.